The number of non-ortho nitro benzene ring substituents is 1. The first-order valence-corrected chi connectivity index (χ1v) is 45.8. The van der Waals surface area contributed by atoms with Crippen LogP contribution in [0.4, 0.5) is 65.7 Å². The van der Waals surface area contributed by atoms with Crippen molar-refractivity contribution >= 4 is 122 Å². The third-order valence-electron chi connectivity index (χ3n) is 22.6. The highest BCUT2D eigenvalue weighted by Gasteiger charge is 2.55. The van der Waals surface area contributed by atoms with Gasteiger partial charge in [-0.2, -0.15) is 57.4 Å². The molecule has 49 nitrogen and oxygen atoms in total. The number of hydrogen-bond acceptors (Lipinski definition) is 43. The second-order valence-corrected chi connectivity index (χ2v) is 35.1. The van der Waals surface area contributed by atoms with Crippen LogP contribution in [-0.4, -0.2) is 244 Å². The lowest BCUT2D eigenvalue weighted by Gasteiger charge is -2.28. The number of benzene rings is 1. The van der Waals surface area contributed by atoms with E-state index in [-0.39, 0.29) is 163 Å². The minimum absolute atomic E-state index is 0.00451. The van der Waals surface area contributed by atoms with E-state index in [4.69, 9.17) is 125 Å². The van der Waals surface area contributed by atoms with Crippen molar-refractivity contribution < 1.29 is 147 Å². The summed E-state index contributed by atoms with van der Waals surface area (Å²) in [5.41, 5.74) is 17.4. The van der Waals surface area contributed by atoms with E-state index in [1.165, 1.54) is 67.8 Å². The van der Waals surface area contributed by atoms with Crippen molar-refractivity contribution in [2.75, 3.05) is 62.6 Å². The zero-order valence-electron chi connectivity index (χ0n) is 80.3. The monoisotopic (exact) mass is 2030 g/mol. The Bertz CT molecular complexity index is 6270. The maximum atomic E-state index is 13.8. The summed E-state index contributed by atoms with van der Waals surface area (Å²) in [4.78, 5) is 149. The van der Waals surface area contributed by atoms with Crippen molar-refractivity contribution in [1.82, 2.24) is 78.1 Å². The molecule has 780 valence electrons. The fraction of sp³-hybridized carbons (Fsp3) is 0.543. The van der Waals surface area contributed by atoms with Gasteiger partial charge in [0, 0.05) is 63.5 Å². The predicted molar refractivity (Wildman–Crippen MR) is 496 cm³/mol. The quantitative estimate of drug-likeness (QED) is 0.00263. The van der Waals surface area contributed by atoms with E-state index in [0.29, 0.717) is 103 Å². The van der Waals surface area contributed by atoms with Crippen molar-refractivity contribution in [3.8, 4) is 55.1 Å². The van der Waals surface area contributed by atoms with Crippen LogP contribution in [0.15, 0.2) is 49.6 Å². The molecular formula is C92H111F4N21O28. The van der Waals surface area contributed by atoms with Crippen LogP contribution >= 0.6 is 0 Å². The number of carbonyl (C=O) groups excluding carboxylic acids is 7. The summed E-state index contributed by atoms with van der Waals surface area (Å²) < 4.78 is 141. The van der Waals surface area contributed by atoms with Crippen LogP contribution in [0.25, 0.3) is 44.7 Å². The highest BCUT2D eigenvalue weighted by molar-refractivity contribution is 5.84. The molecule has 0 bridgehead atoms. The zero-order valence-corrected chi connectivity index (χ0v) is 80.3. The zero-order chi connectivity index (χ0) is 106. The van der Waals surface area contributed by atoms with Gasteiger partial charge in [-0.15, -0.1) is 25.7 Å². The molecule has 0 unspecified atom stereocenters. The van der Waals surface area contributed by atoms with E-state index in [1.54, 1.807) is 6.92 Å². The number of terminal acetylenes is 4. The van der Waals surface area contributed by atoms with Crippen molar-refractivity contribution in [2.45, 2.75) is 280 Å². The molecule has 12 atom stereocenters. The molecule has 5 fully saturated rings. The van der Waals surface area contributed by atoms with Gasteiger partial charge in [0.2, 0.25) is 5.60 Å². The normalized spacial score (nSPS) is 22.3. The van der Waals surface area contributed by atoms with Crippen molar-refractivity contribution in [1.29, 1.82) is 0 Å². The van der Waals surface area contributed by atoms with Crippen LogP contribution in [0.5, 0.6) is 5.75 Å². The summed E-state index contributed by atoms with van der Waals surface area (Å²) in [5, 5.41) is 39.1. The molecule has 5 aliphatic heterocycles. The fourth-order valence-electron chi connectivity index (χ4n) is 15.3. The second-order valence-electron chi connectivity index (χ2n) is 35.1. The molecule has 145 heavy (non-hydrogen) atoms. The van der Waals surface area contributed by atoms with Gasteiger partial charge in [-0.25, -0.2) is 39.1 Å². The fourth-order valence-corrected chi connectivity index (χ4v) is 15.3. The van der Waals surface area contributed by atoms with E-state index in [0.717, 1.165) is 0 Å². The number of ether oxygens (including phenoxy) is 15. The number of aliphatic hydroxyl groups excluding tert-OH is 2. The Balaban J connectivity index is 0.000000188. The lowest BCUT2D eigenvalue weighted by molar-refractivity contribution is -0.384. The number of cyclic esters (lactones) is 2. The summed E-state index contributed by atoms with van der Waals surface area (Å²) in [7, 11) is 0. The molecule has 8 aromatic heterocycles. The number of hydrogen-bond donors (Lipinski definition) is 7. The summed E-state index contributed by atoms with van der Waals surface area (Å²) >= 11 is 0. The number of nitro benzene ring substituents is 1. The molecule has 53 heteroatoms. The topological polar surface area (TPSA) is 657 Å². The molecule has 0 aliphatic carbocycles. The van der Waals surface area contributed by atoms with Gasteiger partial charge < -0.3 is 109 Å². The van der Waals surface area contributed by atoms with Gasteiger partial charge >= 0.3 is 72.8 Å². The maximum absolute atomic E-state index is 13.8. The van der Waals surface area contributed by atoms with Crippen LogP contribution < -0.4 is 27.7 Å². The number of halogens is 4. The van der Waals surface area contributed by atoms with Gasteiger partial charge in [0.05, 0.1) is 69.4 Å². The first-order chi connectivity index (χ1) is 68.9. The summed E-state index contributed by atoms with van der Waals surface area (Å²) in [6.45, 7) is 14.0. The number of nitrogens with two attached hydrogens (primary N) is 4. The van der Waals surface area contributed by atoms with Crippen LogP contribution in [0.3, 0.4) is 0 Å². The molecule has 14 rings (SSSR count). The molecular weight excluding hydrogens is 1920 g/mol. The summed E-state index contributed by atoms with van der Waals surface area (Å²) in [5.74, 6) is 7.75. The average molecular weight is 2040 g/mol. The minimum Gasteiger partial charge on any atom is -0.481 e. The number of carboxylic acids is 1. The van der Waals surface area contributed by atoms with Gasteiger partial charge in [-0.3, -0.25) is 47.6 Å². The van der Waals surface area contributed by atoms with E-state index in [9.17, 15) is 76.2 Å². The second kappa shape index (κ2) is 50.1. The first kappa shape index (κ1) is 112. The molecule has 13 heterocycles. The van der Waals surface area contributed by atoms with E-state index >= 15 is 0 Å². The van der Waals surface area contributed by atoms with Crippen LogP contribution in [-0.2, 0) is 85.5 Å². The van der Waals surface area contributed by atoms with Crippen molar-refractivity contribution in [3.63, 3.8) is 0 Å². The molecule has 11 N–H and O–H groups in total. The molecule has 5 saturated heterocycles. The van der Waals surface area contributed by atoms with Gasteiger partial charge in [-0.1, -0.05) is 37.5 Å². The predicted octanol–water partition coefficient (Wildman–Crippen LogP) is 10.8. The highest BCUT2D eigenvalue weighted by Crippen LogP contribution is 2.46. The Labute approximate surface area is 825 Å². The highest BCUT2D eigenvalue weighted by atomic mass is 19.1. The van der Waals surface area contributed by atoms with Crippen LogP contribution in [0.1, 0.15) is 222 Å². The van der Waals surface area contributed by atoms with Crippen LogP contribution in [0, 0.1) is 83.8 Å². The Morgan fingerprint density at radius 1 is 0.517 bits per heavy atom. The number of imidazole rings is 4. The molecule has 1 aromatic carbocycles. The number of fused-ring (bicyclic) bond motifs is 5. The van der Waals surface area contributed by atoms with E-state index in [2.05, 4.69) is 83.5 Å². The van der Waals surface area contributed by atoms with Crippen molar-refractivity contribution in [3.05, 3.63) is 84.0 Å². The third kappa shape index (κ3) is 29.7. The Morgan fingerprint density at radius 2 is 0.910 bits per heavy atom. The number of anilines is 4. The molecule has 0 amide bonds. The smallest absolute Gasteiger partial charge is 0.481 e. The number of aliphatic carboxylic acids is 1. The van der Waals surface area contributed by atoms with E-state index in [1.807, 2.05) is 48.5 Å². The van der Waals surface area contributed by atoms with Gasteiger partial charge in [0.1, 0.15) is 54.6 Å². The van der Waals surface area contributed by atoms with Crippen molar-refractivity contribution in [2.24, 2.45) is 0 Å². The first-order valence-electron chi connectivity index (χ1n) is 45.8. The average Bonchev–Trinajstić information content (AvgIpc) is 1.61. The number of nitrogen functional groups attached to an aromatic ring is 4. The molecule has 0 radical (unpaired) electrons. The Morgan fingerprint density at radius 3 is 1.30 bits per heavy atom. The molecule has 0 saturated carbocycles. The summed E-state index contributed by atoms with van der Waals surface area (Å²) in [6, 6.07) is 5.11. The van der Waals surface area contributed by atoms with Gasteiger partial charge in [0.25, 0.3) is 5.69 Å². The van der Waals surface area contributed by atoms with Gasteiger partial charge in [0.15, 0.2) is 96.9 Å². The lowest BCUT2D eigenvalue weighted by Crippen LogP contribution is -2.45. The standard InChI is InChI=1S/C24H32FN5O6.C19H22FN5O7.C19H20FN5O6.C17H23NO7.C13H14FN5O2/c1-6-24(7-2)15(34-22(32)33-12-10-8-9-11-17(31)36-23(3,4)5)13-16(35-24)30-14-27-18-19(26)28-21(25)29-20(18)30;1-2-19(9-26)11(31-18(29)30-7-5-3-4-6-13(27)28)8-12(32-19)25-10-22-14-15(21)23-17(20)24-16(14)25;1-2-19-9-29-13(26)6-4-3-5-7-28-18(27)30-11(19)8-12(31-19)25-10-22-14-15(21)23-17(20)24-16(14)25;1-17(2,3)25-15(19)7-5-4-6-12-23-16(20)24-14-10-8-13(9-11-14)18(21)22;1-3-13(4-2)7(20)5-8(21-13)19-6-16-9-10(15)17-12(14)18-11(9)19/h1,14-16H,7-13H2,2-5H3,(H2,26,28,29);1,10-12,26H,3-9H2,(H,27,28)(H2,21,23,24);1,10-12H,3-9H2,(H2,21,23,24);8-11H,4-7,12H2,1-3H3;1,6-8,20H,4-5H2,2H3,(H2,15,17,18)/t15-,16+,24+;2*11-,12+,19+;;7-,8+,13+/m000.0/s1. The molecule has 9 aromatic rings. The molecule has 5 aliphatic rings. The maximum Gasteiger partial charge on any atom is 0.513 e. The number of rotatable bonds is 29. The Hall–Kier alpha value is -15.3. The lowest BCUT2D eigenvalue weighted by atomic mass is 9.94. The Kier molecular flexibility index (Phi) is 38.6. The minimum atomic E-state index is -1.67. The summed E-state index contributed by atoms with van der Waals surface area (Å²) in [6.07, 6.45) is 22.8. The molecule has 0 spiro atoms. The largest absolute Gasteiger partial charge is 0.513 e. The number of carbonyl (C=O) groups is 8. The number of carboxylic acid groups (broad SMARTS) is 1. The number of nitro groups is 1. The SMILES string of the molecule is C#C[C@@]12COC(=O)CCCCCOC(=O)O[C@H]1C[C@H](n1cnc3c(N)nc(F)nc31)O2.C#C[C@]1(CC)O[C@@H](n2cnc3c(N)nc(F)nc32)C[C@@H]1O.C#C[C@]1(CC)O[C@@H](n2cnc3c(N)nc(F)nc32)C[C@@H]1OC(=O)OCCCCCC(=O)OC(C)(C)C.C#C[C@]1(CO)O[C@@H](n2cnc3c(N)nc(F)nc32)C[C@@H]1OC(=O)OCCCCCC(=O)O.CC(C)(C)OC(=O)CCCCCOC(=O)Oc1ccc([N+](=O)[O-])cc1. The number of nitrogens with zero attached hydrogens (tertiary/aromatic N) is 17. The number of unbranched alkanes of at least 4 members (excludes halogenated alkanes) is 6. The third-order valence-corrected chi connectivity index (χ3v) is 22.6. The number of esters is 3. The van der Waals surface area contributed by atoms with E-state index < -0.39 is 155 Å². The van der Waals surface area contributed by atoms with Gasteiger partial charge in [-0.05, 0) is 144 Å². The number of aromatic nitrogens is 16. The number of aliphatic hydroxyl groups is 2. The van der Waals surface area contributed by atoms with Crippen LogP contribution in [0.2, 0.25) is 0 Å².